The van der Waals surface area contributed by atoms with Crippen molar-refractivity contribution in [1.29, 1.82) is 0 Å². The number of benzene rings is 1. The number of hydrogen-bond acceptors (Lipinski definition) is 5. The molecule has 0 bridgehead atoms. The van der Waals surface area contributed by atoms with Gasteiger partial charge in [0.1, 0.15) is 0 Å². The lowest BCUT2D eigenvalue weighted by molar-refractivity contribution is -0.157. The summed E-state index contributed by atoms with van der Waals surface area (Å²) in [5, 5.41) is 0. The van der Waals surface area contributed by atoms with Crippen molar-refractivity contribution in [2.75, 3.05) is 13.2 Å². The number of carbonyl (C=O) groups excluding carboxylic acids is 2. The smallest absolute Gasteiger partial charge is 0.325 e. The summed E-state index contributed by atoms with van der Waals surface area (Å²) in [6.45, 7) is 5.70. The van der Waals surface area contributed by atoms with Gasteiger partial charge in [0.25, 0.3) is 0 Å². The minimum atomic E-state index is -1.13. The largest absolute Gasteiger partial charge is 0.465 e. The quantitative estimate of drug-likeness (QED) is 0.455. The van der Waals surface area contributed by atoms with Crippen LogP contribution in [0.15, 0.2) is 29.3 Å². The molecule has 0 saturated heterocycles. The van der Waals surface area contributed by atoms with E-state index < -0.39 is 17.9 Å². The maximum atomic E-state index is 11.7. The maximum Gasteiger partial charge on any atom is 0.325 e. The molecule has 0 aliphatic rings. The fourth-order valence-corrected chi connectivity index (χ4v) is 1.55. The number of ether oxygens (including phenoxy) is 2. The standard InChI is InChI=1S/C15H19NO4/c1-4-19-14(17)13(15(18)20-5-2)10-16-12-8-6-7-11(3)9-12/h6-10,13H,4-5H2,1-3H3. The Hall–Kier alpha value is -2.17. The highest BCUT2D eigenvalue weighted by Crippen LogP contribution is 2.14. The predicted octanol–water partition coefficient (Wildman–Crippen LogP) is 2.44. The van der Waals surface area contributed by atoms with Crippen molar-refractivity contribution in [2.45, 2.75) is 20.8 Å². The molecule has 0 amide bonds. The number of rotatable bonds is 6. The first kappa shape index (κ1) is 15.9. The van der Waals surface area contributed by atoms with Gasteiger partial charge in [-0.3, -0.25) is 14.6 Å². The van der Waals surface area contributed by atoms with Crippen LogP contribution in [-0.4, -0.2) is 31.4 Å². The topological polar surface area (TPSA) is 65.0 Å². The van der Waals surface area contributed by atoms with Crippen molar-refractivity contribution in [3.63, 3.8) is 0 Å². The molecular formula is C15H19NO4. The molecule has 1 rings (SSSR count). The fourth-order valence-electron chi connectivity index (χ4n) is 1.55. The Bertz CT molecular complexity index is 478. The fraction of sp³-hybridized carbons (Fsp3) is 0.400. The average Bonchev–Trinajstić information content (AvgIpc) is 2.39. The molecule has 108 valence electrons. The van der Waals surface area contributed by atoms with Crippen LogP contribution in [0.25, 0.3) is 0 Å². The van der Waals surface area contributed by atoms with E-state index in [1.165, 1.54) is 6.21 Å². The van der Waals surface area contributed by atoms with Crippen LogP contribution in [0.2, 0.25) is 0 Å². The molecule has 5 nitrogen and oxygen atoms in total. The van der Waals surface area contributed by atoms with E-state index in [0.29, 0.717) is 5.69 Å². The summed E-state index contributed by atoms with van der Waals surface area (Å²) in [4.78, 5) is 27.6. The second-order valence-corrected chi connectivity index (χ2v) is 4.10. The third-order valence-corrected chi connectivity index (χ3v) is 2.46. The van der Waals surface area contributed by atoms with Crippen LogP contribution < -0.4 is 0 Å². The van der Waals surface area contributed by atoms with E-state index in [1.807, 2.05) is 25.1 Å². The maximum absolute atomic E-state index is 11.7. The summed E-state index contributed by atoms with van der Waals surface area (Å²) >= 11 is 0. The van der Waals surface area contributed by atoms with Gasteiger partial charge in [-0.25, -0.2) is 0 Å². The molecule has 0 heterocycles. The lowest BCUT2D eigenvalue weighted by Crippen LogP contribution is -2.29. The second-order valence-electron chi connectivity index (χ2n) is 4.10. The van der Waals surface area contributed by atoms with E-state index >= 15 is 0 Å². The molecule has 20 heavy (non-hydrogen) atoms. The van der Waals surface area contributed by atoms with Gasteiger partial charge in [-0.2, -0.15) is 0 Å². The first-order chi connectivity index (χ1) is 9.58. The van der Waals surface area contributed by atoms with Crippen LogP contribution in [0.5, 0.6) is 0 Å². The van der Waals surface area contributed by atoms with Crippen LogP contribution in [0, 0.1) is 12.8 Å². The predicted molar refractivity (Wildman–Crippen MR) is 76.1 cm³/mol. The highest BCUT2D eigenvalue weighted by molar-refractivity contribution is 6.09. The Morgan fingerprint density at radius 3 is 2.30 bits per heavy atom. The van der Waals surface area contributed by atoms with E-state index in [0.717, 1.165) is 5.56 Å². The van der Waals surface area contributed by atoms with Gasteiger partial charge in [0.2, 0.25) is 0 Å². The van der Waals surface area contributed by atoms with Crippen LogP contribution in [0.1, 0.15) is 19.4 Å². The molecule has 0 radical (unpaired) electrons. The van der Waals surface area contributed by atoms with Gasteiger partial charge in [0, 0.05) is 6.21 Å². The molecule has 0 aliphatic carbocycles. The number of aliphatic imine (C=N–C) groups is 1. The average molecular weight is 277 g/mol. The zero-order valence-corrected chi connectivity index (χ0v) is 12.0. The monoisotopic (exact) mass is 277 g/mol. The summed E-state index contributed by atoms with van der Waals surface area (Å²) < 4.78 is 9.71. The van der Waals surface area contributed by atoms with E-state index in [4.69, 9.17) is 9.47 Å². The van der Waals surface area contributed by atoms with Gasteiger partial charge < -0.3 is 9.47 Å². The highest BCUT2D eigenvalue weighted by atomic mass is 16.6. The Morgan fingerprint density at radius 2 is 1.80 bits per heavy atom. The van der Waals surface area contributed by atoms with Crippen molar-refractivity contribution >= 4 is 23.8 Å². The van der Waals surface area contributed by atoms with Crippen molar-refractivity contribution in [3.05, 3.63) is 29.8 Å². The lowest BCUT2D eigenvalue weighted by atomic mass is 10.1. The van der Waals surface area contributed by atoms with Crippen LogP contribution in [0.3, 0.4) is 0 Å². The second kappa shape index (κ2) is 8.09. The Labute approximate surface area is 118 Å². The summed E-state index contributed by atoms with van der Waals surface area (Å²) in [5.41, 5.74) is 1.71. The summed E-state index contributed by atoms with van der Waals surface area (Å²) in [7, 11) is 0. The van der Waals surface area contributed by atoms with E-state index in [2.05, 4.69) is 4.99 Å². The van der Waals surface area contributed by atoms with Crippen molar-refractivity contribution in [3.8, 4) is 0 Å². The minimum absolute atomic E-state index is 0.201. The molecule has 0 spiro atoms. The molecule has 1 aromatic rings. The SMILES string of the molecule is CCOC(=O)C(C=Nc1cccc(C)c1)C(=O)OCC. The van der Waals surface area contributed by atoms with Crippen LogP contribution in [-0.2, 0) is 19.1 Å². The van der Waals surface area contributed by atoms with Gasteiger partial charge in [-0.05, 0) is 38.5 Å². The van der Waals surface area contributed by atoms with E-state index in [9.17, 15) is 9.59 Å². The third-order valence-electron chi connectivity index (χ3n) is 2.46. The van der Waals surface area contributed by atoms with Crippen LogP contribution in [0.4, 0.5) is 5.69 Å². The molecule has 0 aromatic heterocycles. The molecule has 0 unspecified atom stereocenters. The van der Waals surface area contributed by atoms with Gasteiger partial charge in [0.05, 0.1) is 18.9 Å². The number of nitrogens with zero attached hydrogens (tertiary/aromatic N) is 1. The molecule has 5 heteroatoms. The zero-order chi connectivity index (χ0) is 15.0. The summed E-state index contributed by atoms with van der Waals surface area (Å²) in [6.07, 6.45) is 1.27. The molecular weight excluding hydrogens is 258 g/mol. The van der Waals surface area contributed by atoms with E-state index in [1.54, 1.807) is 19.9 Å². The molecule has 0 saturated carbocycles. The van der Waals surface area contributed by atoms with Crippen molar-refractivity contribution in [1.82, 2.24) is 0 Å². The van der Waals surface area contributed by atoms with Gasteiger partial charge in [-0.1, -0.05) is 12.1 Å². The first-order valence-electron chi connectivity index (χ1n) is 6.52. The highest BCUT2D eigenvalue weighted by Gasteiger charge is 2.27. The zero-order valence-electron chi connectivity index (χ0n) is 12.0. The molecule has 0 atom stereocenters. The normalized spacial score (nSPS) is 10.8. The third kappa shape index (κ3) is 4.84. The van der Waals surface area contributed by atoms with Gasteiger partial charge in [-0.15, -0.1) is 0 Å². The minimum Gasteiger partial charge on any atom is -0.465 e. The molecule has 0 aliphatic heterocycles. The van der Waals surface area contributed by atoms with Crippen molar-refractivity contribution in [2.24, 2.45) is 10.9 Å². The Balaban J connectivity index is 2.88. The summed E-state index contributed by atoms with van der Waals surface area (Å²) in [5.74, 6) is -2.43. The summed E-state index contributed by atoms with van der Waals surface area (Å²) in [6, 6.07) is 7.43. The van der Waals surface area contributed by atoms with Gasteiger partial charge >= 0.3 is 11.9 Å². The van der Waals surface area contributed by atoms with Crippen LogP contribution >= 0.6 is 0 Å². The molecule has 0 N–H and O–H groups in total. The Morgan fingerprint density at radius 1 is 1.20 bits per heavy atom. The number of carbonyl (C=O) groups is 2. The molecule has 0 fully saturated rings. The molecule has 1 aromatic carbocycles. The van der Waals surface area contributed by atoms with Crippen molar-refractivity contribution < 1.29 is 19.1 Å². The van der Waals surface area contributed by atoms with Gasteiger partial charge in [0.15, 0.2) is 5.92 Å². The van der Waals surface area contributed by atoms with E-state index in [-0.39, 0.29) is 13.2 Å². The number of hydrogen-bond donors (Lipinski definition) is 0. The number of esters is 2. The lowest BCUT2D eigenvalue weighted by Gasteiger charge is -2.10. The number of aryl methyl sites for hydroxylation is 1. The first-order valence-corrected chi connectivity index (χ1v) is 6.52. The Kier molecular flexibility index (Phi) is 6.43.